The average Bonchev–Trinajstić information content (AvgIpc) is 2.70. The molecule has 7 nitrogen and oxygen atoms in total. The van der Waals surface area contributed by atoms with Gasteiger partial charge in [0.15, 0.2) is 6.61 Å². The number of nitrogens with one attached hydrogen (secondary N) is 1. The lowest BCUT2D eigenvalue weighted by Crippen LogP contribution is -2.34. The average molecular weight is 356 g/mol. The van der Waals surface area contributed by atoms with Gasteiger partial charge in [-0.1, -0.05) is 24.3 Å². The molecule has 0 aliphatic heterocycles. The summed E-state index contributed by atoms with van der Waals surface area (Å²) >= 11 is 0. The minimum Gasteiger partial charge on any atom is -0.497 e. The summed E-state index contributed by atoms with van der Waals surface area (Å²) in [5.41, 5.74) is 1.05. The molecule has 2 rings (SSSR count). The van der Waals surface area contributed by atoms with Gasteiger partial charge < -0.3 is 19.7 Å². The van der Waals surface area contributed by atoms with Crippen LogP contribution >= 0.6 is 0 Å². The molecule has 0 heterocycles. The van der Waals surface area contributed by atoms with Gasteiger partial charge in [-0.25, -0.2) is 0 Å². The molecule has 0 aromatic heterocycles. The van der Waals surface area contributed by atoms with E-state index in [4.69, 9.17) is 9.47 Å². The molecule has 0 atom stereocenters. The fourth-order valence-corrected chi connectivity index (χ4v) is 2.10. The van der Waals surface area contributed by atoms with Gasteiger partial charge in [-0.2, -0.15) is 0 Å². The van der Waals surface area contributed by atoms with Gasteiger partial charge in [0, 0.05) is 18.3 Å². The van der Waals surface area contributed by atoms with Crippen molar-refractivity contribution in [2.24, 2.45) is 0 Å². The van der Waals surface area contributed by atoms with Crippen molar-refractivity contribution in [1.82, 2.24) is 5.32 Å². The largest absolute Gasteiger partial charge is 0.497 e. The van der Waals surface area contributed by atoms with Gasteiger partial charge in [0.1, 0.15) is 12.3 Å². The highest BCUT2D eigenvalue weighted by Crippen LogP contribution is 2.12. The van der Waals surface area contributed by atoms with Crippen LogP contribution in [0.4, 0.5) is 5.69 Å². The molecule has 0 bridgehead atoms. The van der Waals surface area contributed by atoms with E-state index in [0.717, 1.165) is 0 Å². The summed E-state index contributed by atoms with van der Waals surface area (Å²) < 4.78 is 9.95. The summed E-state index contributed by atoms with van der Waals surface area (Å²) in [7, 11) is 3.09. The van der Waals surface area contributed by atoms with E-state index in [1.165, 1.54) is 12.0 Å². The van der Waals surface area contributed by atoms with E-state index < -0.39 is 18.5 Å². The second-order valence-electron chi connectivity index (χ2n) is 5.36. The van der Waals surface area contributed by atoms with Crippen molar-refractivity contribution in [3.05, 3.63) is 60.2 Å². The molecule has 0 saturated heterocycles. The highest BCUT2D eigenvalue weighted by atomic mass is 16.5. The van der Waals surface area contributed by atoms with E-state index >= 15 is 0 Å². The van der Waals surface area contributed by atoms with Crippen LogP contribution in [0.3, 0.4) is 0 Å². The van der Waals surface area contributed by atoms with E-state index in [9.17, 15) is 14.4 Å². The first kappa shape index (κ1) is 19.0. The molecule has 2 aromatic rings. The van der Waals surface area contributed by atoms with Crippen LogP contribution in [-0.2, 0) is 14.3 Å². The maximum Gasteiger partial charge on any atom is 0.325 e. The normalized spacial score (nSPS) is 9.92. The van der Waals surface area contributed by atoms with Crippen LogP contribution < -0.4 is 15.0 Å². The number of benzene rings is 2. The molecule has 0 aliphatic carbocycles. The standard InChI is InChI=1S/C19H20N2O5/c1-21(15-8-4-3-5-9-15)17(22)13-26-18(23)12-20-19(24)14-7-6-10-16(11-14)25-2/h3-11H,12-13H2,1-2H3,(H,20,24). The molecule has 7 heteroatoms. The molecule has 1 N–H and O–H groups in total. The number of para-hydroxylation sites is 1. The van der Waals surface area contributed by atoms with Crippen LogP contribution in [0.15, 0.2) is 54.6 Å². The Bertz CT molecular complexity index is 777. The van der Waals surface area contributed by atoms with Gasteiger partial charge >= 0.3 is 5.97 Å². The van der Waals surface area contributed by atoms with Crippen LogP contribution in [0, 0.1) is 0 Å². The predicted molar refractivity (Wildman–Crippen MR) is 96.1 cm³/mol. The third-order valence-electron chi connectivity index (χ3n) is 3.60. The first-order valence-corrected chi connectivity index (χ1v) is 7.90. The van der Waals surface area contributed by atoms with Crippen molar-refractivity contribution in [1.29, 1.82) is 0 Å². The summed E-state index contributed by atoms with van der Waals surface area (Å²) in [5, 5.41) is 2.44. The number of esters is 1. The molecule has 0 radical (unpaired) electrons. The highest BCUT2D eigenvalue weighted by molar-refractivity contribution is 5.97. The monoisotopic (exact) mass is 356 g/mol. The van der Waals surface area contributed by atoms with Crippen molar-refractivity contribution < 1.29 is 23.9 Å². The summed E-state index contributed by atoms with van der Waals surface area (Å²) in [5.74, 6) is -0.969. The van der Waals surface area contributed by atoms with Crippen LogP contribution in [-0.4, -0.2) is 45.1 Å². The smallest absolute Gasteiger partial charge is 0.325 e. The van der Waals surface area contributed by atoms with Gasteiger partial charge in [0.2, 0.25) is 0 Å². The lowest BCUT2D eigenvalue weighted by Gasteiger charge is -2.17. The summed E-state index contributed by atoms with van der Waals surface area (Å²) in [6, 6.07) is 15.5. The Morgan fingerprint density at radius 1 is 1.04 bits per heavy atom. The number of carbonyl (C=O) groups excluding carboxylic acids is 3. The number of hydrogen-bond donors (Lipinski definition) is 1. The van der Waals surface area contributed by atoms with E-state index in [0.29, 0.717) is 17.0 Å². The molecule has 2 aromatic carbocycles. The molecule has 26 heavy (non-hydrogen) atoms. The van der Waals surface area contributed by atoms with E-state index in [1.54, 1.807) is 55.6 Å². The lowest BCUT2D eigenvalue weighted by atomic mass is 10.2. The van der Waals surface area contributed by atoms with Crippen molar-refractivity contribution in [3.8, 4) is 5.75 Å². The zero-order chi connectivity index (χ0) is 18.9. The molecule has 0 aliphatic rings. The number of ether oxygens (including phenoxy) is 2. The fourth-order valence-electron chi connectivity index (χ4n) is 2.10. The van der Waals surface area contributed by atoms with Gasteiger partial charge in [0.05, 0.1) is 7.11 Å². The Morgan fingerprint density at radius 2 is 1.77 bits per heavy atom. The van der Waals surface area contributed by atoms with Gasteiger partial charge in [-0.15, -0.1) is 0 Å². The number of carbonyl (C=O) groups is 3. The van der Waals surface area contributed by atoms with Crippen molar-refractivity contribution in [2.45, 2.75) is 0 Å². The first-order valence-electron chi connectivity index (χ1n) is 7.90. The number of anilines is 1. The van der Waals surface area contributed by atoms with Crippen LogP contribution in [0.1, 0.15) is 10.4 Å². The second-order valence-corrected chi connectivity index (χ2v) is 5.36. The minimum absolute atomic E-state index is 0.335. The first-order chi connectivity index (χ1) is 12.5. The number of rotatable bonds is 7. The molecule has 0 spiro atoms. The second kappa shape index (κ2) is 9.22. The highest BCUT2D eigenvalue weighted by Gasteiger charge is 2.14. The van der Waals surface area contributed by atoms with E-state index in [-0.39, 0.29) is 12.5 Å². The van der Waals surface area contributed by atoms with Crippen LogP contribution in [0.2, 0.25) is 0 Å². The molecular formula is C19H20N2O5. The van der Waals surface area contributed by atoms with E-state index in [2.05, 4.69) is 5.32 Å². The van der Waals surface area contributed by atoms with Gasteiger partial charge in [-0.3, -0.25) is 14.4 Å². The summed E-state index contributed by atoms with van der Waals surface area (Å²) in [4.78, 5) is 37.1. The quantitative estimate of drug-likeness (QED) is 0.762. The van der Waals surface area contributed by atoms with Crippen LogP contribution in [0.25, 0.3) is 0 Å². The third kappa shape index (κ3) is 5.34. The molecular weight excluding hydrogens is 336 g/mol. The van der Waals surface area contributed by atoms with Gasteiger partial charge in [-0.05, 0) is 30.3 Å². The summed E-state index contributed by atoms with van der Waals surface area (Å²) in [6.07, 6.45) is 0. The van der Waals surface area contributed by atoms with Crippen molar-refractivity contribution >= 4 is 23.5 Å². The van der Waals surface area contributed by atoms with E-state index in [1.807, 2.05) is 6.07 Å². The molecule has 2 amide bonds. The fraction of sp³-hybridized carbons (Fsp3) is 0.211. The number of methoxy groups -OCH3 is 1. The maximum atomic E-state index is 12.0. The Balaban J connectivity index is 1.78. The number of amides is 2. The lowest BCUT2D eigenvalue weighted by molar-refractivity contribution is -0.146. The Hall–Kier alpha value is -3.35. The van der Waals surface area contributed by atoms with Crippen LogP contribution in [0.5, 0.6) is 5.75 Å². The molecule has 0 unspecified atom stereocenters. The molecule has 0 saturated carbocycles. The predicted octanol–water partition coefficient (Wildman–Crippen LogP) is 1.63. The Kier molecular flexibility index (Phi) is 6.73. The Morgan fingerprint density at radius 3 is 2.46 bits per heavy atom. The summed E-state index contributed by atoms with van der Waals surface area (Å²) in [6.45, 7) is -0.738. The zero-order valence-electron chi connectivity index (χ0n) is 14.6. The number of hydrogen-bond acceptors (Lipinski definition) is 5. The van der Waals surface area contributed by atoms with Gasteiger partial charge in [0.25, 0.3) is 11.8 Å². The Labute approximate surface area is 151 Å². The maximum absolute atomic E-state index is 12.0. The molecule has 0 fully saturated rings. The SMILES string of the molecule is COc1cccc(C(=O)NCC(=O)OCC(=O)N(C)c2ccccc2)c1. The zero-order valence-corrected chi connectivity index (χ0v) is 14.6. The topological polar surface area (TPSA) is 84.9 Å². The van der Waals surface area contributed by atoms with Crippen molar-refractivity contribution in [3.63, 3.8) is 0 Å². The minimum atomic E-state index is -0.698. The number of likely N-dealkylation sites (N-methyl/N-ethyl adjacent to an activating group) is 1. The van der Waals surface area contributed by atoms with Crippen molar-refractivity contribution in [2.75, 3.05) is 32.2 Å². The number of nitrogens with zero attached hydrogens (tertiary/aromatic N) is 1. The molecule has 136 valence electrons. The third-order valence-corrected chi connectivity index (χ3v) is 3.60.